The van der Waals surface area contributed by atoms with Gasteiger partial charge in [0.25, 0.3) is 5.91 Å². The van der Waals surface area contributed by atoms with E-state index in [0.29, 0.717) is 43.0 Å². The van der Waals surface area contributed by atoms with Crippen molar-refractivity contribution >= 4 is 23.4 Å². The molecular weight excluding hydrogens is 670 g/mol. The third-order valence-electron chi connectivity index (χ3n) is 9.52. The molecule has 2 fully saturated rings. The number of aliphatic hydroxyl groups is 1. The number of aliphatic carboxylic acids is 1. The highest BCUT2D eigenvalue weighted by molar-refractivity contribution is 6.03. The average Bonchev–Trinajstić information content (AvgIpc) is 3.94. The molecule has 3 aromatic rings. The van der Waals surface area contributed by atoms with Gasteiger partial charge in [0.2, 0.25) is 11.7 Å². The molecule has 0 aromatic heterocycles. The summed E-state index contributed by atoms with van der Waals surface area (Å²) in [6, 6.07) is 14.6. The molecule has 2 amide bonds. The molecule has 270 valence electrons. The first-order valence-electron chi connectivity index (χ1n) is 17.0. The van der Waals surface area contributed by atoms with Crippen LogP contribution in [-0.4, -0.2) is 81.7 Å². The minimum Gasteiger partial charge on any atom is -0.488 e. The van der Waals surface area contributed by atoms with Crippen molar-refractivity contribution in [2.75, 3.05) is 19.7 Å². The van der Waals surface area contributed by atoms with Crippen molar-refractivity contribution in [3.05, 3.63) is 106 Å². The third-order valence-corrected chi connectivity index (χ3v) is 9.52. The number of nitrogens with zero attached hydrogens (tertiary/aromatic N) is 2. The van der Waals surface area contributed by atoms with Gasteiger partial charge in [0.15, 0.2) is 17.4 Å². The number of amides is 2. The van der Waals surface area contributed by atoms with Crippen molar-refractivity contribution in [2.45, 2.75) is 75.7 Å². The molecule has 1 saturated carbocycles. The Morgan fingerprint density at radius 1 is 0.922 bits per heavy atom. The molecule has 0 radical (unpaired) electrons. The van der Waals surface area contributed by atoms with E-state index in [4.69, 9.17) is 9.84 Å². The van der Waals surface area contributed by atoms with Gasteiger partial charge in [-0.05, 0) is 67.0 Å². The van der Waals surface area contributed by atoms with Crippen molar-refractivity contribution in [3.8, 4) is 5.75 Å². The standard InChI is InChI=1S/C38H39F4N3O6/c39-29-6-2-1-5-24(29)19-45(26-11-12-26)38(50)35-28(16-25-20-44(21-32(35)43-25)33(47)17-27(46)18-34(48)49)23-9-7-22(8-10-23)4-3-15-51-37-31(41)14-13-30(40)36(37)42/h1-2,5-10,13-14,25-27,32,43,46H,3-4,11-12,15-21H2,(H,48,49). The zero-order valence-electron chi connectivity index (χ0n) is 27.8. The van der Waals surface area contributed by atoms with Crippen LogP contribution in [-0.2, 0) is 27.3 Å². The van der Waals surface area contributed by atoms with Gasteiger partial charge in [-0.25, -0.2) is 13.2 Å². The number of piperazine rings is 1. The van der Waals surface area contributed by atoms with E-state index in [2.05, 4.69) is 5.32 Å². The molecule has 2 heterocycles. The van der Waals surface area contributed by atoms with Gasteiger partial charge < -0.3 is 30.1 Å². The number of aryl methyl sites for hydroxylation is 1. The summed E-state index contributed by atoms with van der Waals surface area (Å²) in [7, 11) is 0. The zero-order valence-corrected chi connectivity index (χ0v) is 27.8. The Labute approximate surface area is 292 Å². The number of fused-ring (bicyclic) bond motifs is 2. The highest BCUT2D eigenvalue weighted by atomic mass is 19.2. The normalized spacial score (nSPS) is 19.1. The number of benzene rings is 3. The van der Waals surface area contributed by atoms with Crippen LogP contribution in [0.2, 0.25) is 0 Å². The van der Waals surface area contributed by atoms with E-state index < -0.39 is 59.5 Å². The second kappa shape index (κ2) is 15.6. The van der Waals surface area contributed by atoms with Crippen molar-refractivity contribution in [2.24, 2.45) is 0 Å². The van der Waals surface area contributed by atoms with Gasteiger partial charge in [0, 0.05) is 42.9 Å². The van der Waals surface area contributed by atoms with Crippen LogP contribution >= 0.6 is 0 Å². The number of halogens is 4. The summed E-state index contributed by atoms with van der Waals surface area (Å²) < 4.78 is 61.3. The van der Waals surface area contributed by atoms with Gasteiger partial charge >= 0.3 is 5.97 Å². The van der Waals surface area contributed by atoms with Gasteiger partial charge in [0.1, 0.15) is 5.82 Å². The molecule has 9 nitrogen and oxygen atoms in total. The predicted octanol–water partition coefficient (Wildman–Crippen LogP) is 5.00. The lowest BCUT2D eigenvalue weighted by molar-refractivity contribution is -0.141. The largest absolute Gasteiger partial charge is 0.488 e. The van der Waals surface area contributed by atoms with Crippen molar-refractivity contribution in [3.63, 3.8) is 0 Å². The summed E-state index contributed by atoms with van der Waals surface area (Å²) in [5.74, 6) is -6.59. The number of carboxylic acid groups (broad SMARTS) is 1. The number of hydrogen-bond donors (Lipinski definition) is 3. The summed E-state index contributed by atoms with van der Waals surface area (Å²) in [5, 5.41) is 22.7. The van der Waals surface area contributed by atoms with Gasteiger partial charge in [-0.15, -0.1) is 0 Å². The number of carboxylic acids is 1. The van der Waals surface area contributed by atoms with E-state index in [0.717, 1.165) is 35.6 Å². The fraction of sp³-hybridized carbons (Fsp3) is 0.395. The Hall–Kier alpha value is -4.75. The van der Waals surface area contributed by atoms with Gasteiger partial charge in [-0.1, -0.05) is 42.5 Å². The first kappa shape index (κ1) is 36.1. The minimum absolute atomic E-state index is 0.0422. The van der Waals surface area contributed by atoms with Crippen LogP contribution in [0.4, 0.5) is 17.6 Å². The highest BCUT2D eigenvalue weighted by Crippen LogP contribution is 2.38. The molecule has 3 aromatic carbocycles. The summed E-state index contributed by atoms with van der Waals surface area (Å²) in [4.78, 5) is 42.1. The third kappa shape index (κ3) is 8.59. The zero-order chi connectivity index (χ0) is 36.2. The van der Waals surface area contributed by atoms with E-state index in [1.165, 1.54) is 6.07 Å². The second-order valence-electron chi connectivity index (χ2n) is 13.3. The first-order chi connectivity index (χ1) is 24.5. The Morgan fingerprint density at radius 2 is 1.65 bits per heavy atom. The first-order valence-corrected chi connectivity index (χ1v) is 17.0. The average molecular weight is 710 g/mol. The van der Waals surface area contributed by atoms with Crippen LogP contribution in [0.25, 0.3) is 5.57 Å². The lowest BCUT2D eigenvalue weighted by atomic mass is 9.82. The van der Waals surface area contributed by atoms with E-state index in [9.17, 15) is 37.1 Å². The molecule has 3 N–H and O–H groups in total. The molecule has 2 aliphatic heterocycles. The number of carbonyl (C=O) groups excluding carboxylic acids is 2. The summed E-state index contributed by atoms with van der Waals surface area (Å²) >= 11 is 0. The van der Waals surface area contributed by atoms with E-state index in [-0.39, 0.29) is 44.1 Å². The summed E-state index contributed by atoms with van der Waals surface area (Å²) in [6.45, 7) is 0.464. The monoisotopic (exact) mass is 709 g/mol. The Kier molecular flexibility index (Phi) is 11.1. The van der Waals surface area contributed by atoms with Crippen LogP contribution in [0.15, 0.2) is 66.2 Å². The fourth-order valence-electron chi connectivity index (χ4n) is 6.86. The van der Waals surface area contributed by atoms with Crippen LogP contribution in [0, 0.1) is 23.3 Å². The van der Waals surface area contributed by atoms with Gasteiger partial charge in [0.05, 0.1) is 31.6 Å². The Balaban J connectivity index is 1.23. The van der Waals surface area contributed by atoms with Crippen LogP contribution in [0.3, 0.4) is 0 Å². The molecule has 0 spiro atoms. The Morgan fingerprint density at radius 3 is 2.35 bits per heavy atom. The van der Waals surface area contributed by atoms with Crippen molar-refractivity contribution in [1.29, 1.82) is 0 Å². The van der Waals surface area contributed by atoms with Crippen LogP contribution in [0.1, 0.15) is 55.2 Å². The topological polar surface area (TPSA) is 119 Å². The lowest BCUT2D eigenvalue weighted by Crippen LogP contribution is -2.62. The smallest absolute Gasteiger partial charge is 0.305 e. The number of rotatable bonds is 14. The maximum absolute atomic E-state index is 14.8. The SMILES string of the molecule is O=C(O)CC(O)CC(=O)N1CC2CC(c3ccc(CCCOc4c(F)ccc(F)c4F)cc3)=C(C(=O)N(Cc3ccccc3F)C3CC3)C(C1)N2. The highest BCUT2D eigenvalue weighted by Gasteiger charge is 2.43. The molecule has 1 saturated heterocycles. The predicted molar refractivity (Wildman–Crippen MR) is 178 cm³/mol. The second-order valence-corrected chi connectivity index (χ2v) is 13.3. The molecule has 13 heteroatoms. The number of ether oxygens (including phenoxy) is 1. The molecule has 3 unspecified atom stereocenters. The maximum Gasteiger partial charge on any atom is 0.305 e. The molecule has 3 aliphatic rings. The van der Waals surface area contributed by atoms with Crippen molar-refractivity contribution < 1.29 is 46.9 Å². The maximum atomic E-state index is 14.8. The molecule has 1 aliphatic carbocycles. The number of hydrogen-bond acceptors (Lipinski definition) is 6. The van der Waals surface area contributed by atoms with E-state index in [1.54, 1.807) is 28.0 Å². The fourth-order valence-corrected chi connectivity index (χ4v) is 6.86. The van der Waals surface area contributed by atoms with Crippen LogP contribution < -0.4 is 10.1 Å². The quantitative estimate of drug-likeness (QED) is 0.123. The summed E-state index contributed by atoms with van der Waals surface area (Å²) in [6.07, 6.45) is 0.612. The molecule has 51 heavy (non-hydrogen) atoms. The summed E-state index contributed by atoms with van der Waals surface area (Å²) in [5.41, 5.74) is 3.37. The number of aliphatic hydroxyl groups excluding tert-OH is 1. The van der Waals surface area contributed by atoms with Crippen LogP contribution in [0.5, 0.6) is 5.75 Å². The molecule has 6 rings (SSSR count). The molecule has 3 atom stereocenters. The van der Waals surface area contributed by atoms with E-state index >= 15 is 0 Å². The Bertz CT molecular complexity index is 1820. The number of nitrogens with one attached hydrogen (secondary N) is 1. The molecular formula is C38H39F4N3O6. The minimum atomic E-state index is -1.37. The molecule has 2 bridgehead atoms. The van der Waals surface area contributed by atoms with E-state index in [1.807, 2.05) is 24.3 Å². The van der Waals surface area contributed by atoms with Gasteiger partial charge in [-0.2, -0.15) is 4.39 Å². The number of carbonyl (C=O) groups is 3. The van der Waals surface area contributed by atoms with Crippen molar-refractivity contribution in [1.82, 2.24) is 15.1 Å². The van der Waals surface area contributed by atoms with Gasteiger partial charge in [-0.3, -0.25) is 14.4 Å². The lowest BCUT2D eigenvalue weighted by Gasteiger charge is -2.45.